The van der Waals surface area contributed by atoms with Crippen LogP contribution in [0.5, 0.6) is 0 Å². The number of aryl methyl sites for hydroxylation is 1. The SMILES string of the molecule is CC[C@@H](N)C(=O)N1CCCC1c1ccccc1C. The number of carbonyl (C=O) groups excluding carboxylic acids is 1. The predicted molar refractivity (Wildman–Crippen MR) is 73.1 cm³/mol. The molecule has 18 heavy (non-hydrogen) atoms. The number of benzene rings is 1. The molecule has 0 spiro atoms. The third-order valence-electron chi connectivity index (χ3n) is 3.84. The molecule has 0 radical (unpaired) electrons. The average molecular weight is 246 g/mol. The van der Waals surface area contributed by atoms with Gasteiger partial charge in [0.25, 0.3) is 0 Å². The van der Waals surface area contributed by atoms with E-state index in [0.717, 1.165) is 19.4 Å². The van der Waals surface area contributed by atoms with Gasteiger partial charge in [-0.1, -0.05) is 31.2 Å². The predicted octanol–water partition coefficient (Wildman–Crippen LogP) is 2.40. The Bertz CT molecular complexity index is 430. The summed E-state index contributed by atoms with van der Waals surface area (Å²) in [6, 6.07) is 8.19. The molecule has 3 heteroatoms. The molecule has 3 nitrogen and oxygen atoms in total. The van der Waals surface area contributed by atoms with E-state index in [9.17, 15) is 4.79 Å². The lowest BCUT2D eigenvalue weighted by Gasteiger charge is -2.28. The largest absolute Gasteiger partial charge is 0.334 e. The van der Waals surface area contributed by atoms with Crippen molar-refractivity contribution in [3.8, 4) is 0 Å². The van der Waals surface area contributed by atoms with Crippen molar-refractivity contribution in [1.29, 1.82) is 0 Å². The normalized spacial score (nSPS) is 21.1. The first-order chi connectivity index (χ1) is 8.65. The molecule has 2 atom stereocenters. The molecule has 1 aliphatic heterocycles. The van der Waals surface area contributed by atoms with Crippen LogP contribution < -0.4 is 5.73 Å². The van der Waals surface area contributed by atoms with Gasteiger partial charge in [0.1, 0.15) is 0 Å². The Morgan fingerprint density at radius 1 is 1.50 bits per heavy atom. The highest BCUT2D eigenvalue weighted by Gasteiger charge is 2.32. The van der Waals surface area contributed by atoms with Crippen LogP contribution in [0.2, 0.25) is 0 Å². The molecule has 0 aromatic heterocycles. The van der Waals surface area contributed by atoms with Crippen molar-refractivity contribution >= 4 is 5.91 Å². The van der Waals surface area contributed by atoms with Gasteiger partial charge in [0.05, 0.1) is 12.1 Å². The van der Waals surface area contributed by atoms with Crippen LogP contribution >= 0.6 is 0 Å². The van der Waals surface area contributed by atoms with E-state index in [1.54, 1.807) is 0 Å². The van der Waals surface area contributed by atoms with Gasteiger partial charge in [0.2, 0.25) is 5.91 Å². The zero-order chi connectivity index (χ0) is 13.1. The van der Waals surface area contributed by atoms with Crippen molar-refractivity contribution in [2.75, 3.05) is 6.54 Å². The van der Waals surface area contributed by atoms with Gasteiger partial charge in [0, 0.05) is 6.54 Å². The second-order valence-electron chi connectivity index (χ2n) is 5.06. The maximum atomic E-state index is 12.3. The second kappa shape index (κ2) is 5.53. The van der Waals surface area contributed by atoms with Crippen LogP contribution in [-0.2, 0) is 4.79 Å². The Morgan fingerprint density at radius 3 is 2.89 bits per heavy atom. The van der Waals surface area contributed by atoms with E-state index in [-0.39, 0.29) is 18.0 Å². The van der Waals surface area contributed by atoms with E-state index in [1.165, 1.54) is 11.1 Å². The molecule has 98 valence electrons. The Hall–Kier alpha value is -1.35. The summed E-state index contributed by atoms with van der Waals surface area (Å²) in [7, 11) is 0. The number of amides is 1. The lowest BCUT2D eigenvalue weighted by Crippen LogP contribution is -2.43. The van der Waals surface area contributed by atoms with Gasteiger partial charge in [-0.05, 0) is 37.3 Å². The molecule has 0 saturated carbocycles. The first-order valence-electron chi connectivity index (χ1n) is 6.76. The molecule has 1 aromatic rings. The van der Waals surface area contributed by atoms with Crippen molar-refractivity contribution in [3.63, 3.8) is 0 Å². The number of carbonyl (C=O) groups is 1. The van der Waals surface area contributed by atoms with Crippen molar-refractivity contribution in [2.24, 2.45) is 5.73 Å². The molecule has 1 heterocycles. The van der Waals surface area contributed by atoms with Crippen molar-refractivity contribution < 1.29 is 4.79 Å². The maximum absolute atomic E-state index is 12.3. The first kappa shape index (κ1) is 13.1. The van der Waals surface area contributed by atoms with Crippen LogP contribution in [0.15, 0.2) is 24.3 Å². The van der Waals surface area contributed by atoms with Crippen LogP contribution in [0, 0.1) is 6.92 Å². The second-order valence-corrected chi connectivity index (χ2v) is 5.06. The molecular weight excluding hydrogens is 224 g/mol. The highest BCUT2D eigenvalue weighted by molar-refractivity contribution is 5.82. The number of rotatable bonds is 3. The molecular formula is C15H22N2O. The quantitative estimate of drug-likeness (QED) is 0.890. The van der Waals surface area contributed by atoms with Crippen molar-refractivity contribution in [2.45, 2.75) is 45.2 Å². The molecule has 0 bridgehead atoms. The molecule has 1 amide bonds. The maximum Gasteiger partial charge on any atom is 0.239 e. The van der Waals surface area contributed by atoms with E-state index < -0.39 is 0 Å². The number of hydrogen-bond donors (Lipinski definition) is 1. The highest BCUT2D eigenvalue weighted by Crippen LogP contribution is 2.33. The summed E-state index contributed by atoms with van der Waals surface area (Å²) in [6.07, 6.45) is 2.82. The Kier molecular flexibility index (Phi) is 4.02. The summed E-state index contributed by atoms with van der Waals surface area (Å²) in [5, 5.41) is 0. The molecule has 1 fully saturated rings. The van der Waals surface area contributed by atoms with Crippen LogP contribution in [0.4, 0.5) is 0 Å². The van der Waals surface area contributed by atoms with Gasteiger partial charge in [-0.3, -0.25) is 4.79 Å². The number of nitrogens with zero attached hydrogens (tertiary/aromatic N) is 1. The Morgan fingerprint density at radius 2 is 2.22 bits per heavy atom. The number of likely N-dealkylation sites (tertiary alicyclic amines) is 1. The minimum atomic E-state index is -0.352. The van der Waals surface area contributed by atoms with Crippen LogP contribution in [0.25, 0.3) is 0 Å². The average Bonchev–Trinajstić information content (AvgIpc) is 2.86. The van der Waals surface area contributed by atoms with Crippen molar-refractivity contribution in [1.82, 2.24) is 4.90 Å². The fourth-order valence-corrected chi connectivity index (χ4v) is 2.70. The molecule has 1 unspecified atom stereocenters. The minimum Gasteiger partial charge on any atom is -0.334 e. The minimum absolute atomic E-state index is 0.100. The fraction of sp³-hybridized carbons (Fsp3) is 0.533. The summed E-state index contributed by atoms with van der Waals surface area (Å²) >= 11 is 0. The third kappa shape index (κ3) is 2.41. The lowest BCUT2D eigenvalue weighted by molar-refractivity contribution is -0.133. The van der Waals surface area contributed by atoms with Crippen LogP contribution in [0.3, 0.4) is 0 Å². The number of nitrogens with two attached hydrogens (primary N) is 1. The molecule has 1 aliphatic rings. The Labute approximate surface area is 109 Å². The topological polar surface area (TPSA) is 46.3 Å². The lowest BCUT2D eigenvalue weighted by atomic mass is 9.99. The Balaban J connectivity index is 2.23. The summed E-state index contributed by atoms with van der Waals surface area (Å²) in [5.41, 5.74) is 8.41. The summed E-state index contributed by atoms with van der Waals surface area (Å²) in [4.78, 5) is 14.2. The van der Waals surface area contributed by atoms with E-state index >= 15 is 0 Å². The van der Waals surface area contributed by atoms with Crippen LogP contribution in [-0.4, -0.2) is 23.4 Å². The molecule has 2 rings (SSSR count). The molecule has 2 N–H and O–H groups in total. The van der Waals surface area contributed by atoms with Gasteiger partial charge in [-0.15, -0.1) is 0 Å². The smallest absolute Gasteiger partial charge is 0.239 e. The molecule has 0 aliphatic carbocycles. The monoisotopic (exact) mass is 246 g/mol. The third-order valence-corrected chi connectivity index (χ3v) is 3.84. The van der Waals surface area contributed by atoms with Gasteiger partial charge in [-0.25, -0.2) is 0 Å². The molecule has 1 aromatic carbocycles. The summed E-state index contributed by atoms with van der Waals surface area (Å²) in [6.45, 7) is 4.91. The van der Waals surface area contributed by atoms with Crippen LogP contribution in [0.1, 0.15) is 43.4 Å². The summed E-state index contributed by atoms with van der Waals surface area (Å²) < 4.78 is 0. The van der Waals surface area contributed by atoms with Gasteiger partial charge < -0.3 is 10.6 Å². The fourth-order valence-electron chi connectivity index (χ4n) is 2.70. The van der Waals surface area contributed by atoms with E-state index in [0.29, 0.717) is 6.42 Å². The van der Waals surface area contributed by atoms with E-state index in [1.807, 2.05) is 24.0 Å². The van der Waals surface area contributed by atoms with Gasteiger partial charge in [-0.2, -0.15) is 0 Å². The zero-order valence-electron chi connectivity index (χ0n) is 11.2. The zero-order valence-corrected chi connectivity index (χ0v) is 11.2. The van der Waals surface area contributed by atoms with E-state index in [4.69, 9.17) is 5.73 Å². The number of hydrogen-bond acceptors (Lipinski definition) is 2. The van der Waals surface area contributed by atoms with Gasteiger partial charge in [0.15, 0.2) is 0 Å². The first-order valence-corrected chi connectivity index (χ1v) is 6.76. The van der Waals surface area contributed by atoms with E-state index in [2.05, 4.69) is 19.1 Å². The van der Waals surface area contributed by atoms with Crippen molar-refractivity contribution in [3.05, 3.63) is 35.4 Å². The van der Waals surface area contributed by atoms with Gasteiger partial charge >= 0.3 is 0 Å². The molecule has 1 saturated heterocycles. The standard InChI is InChI=1S/C15H22N2O/c1-3-13(16)15(18)17-10-6-9-14(17)12-8-5-4-7-11(12)2/h4-5,7-8,13-14H,3,6,9-10,16H2,1-2H3/t13-,14?/m1/s1. The highest BCUT2D eigenvalue weighted by atomic mass is 16.2. The summed E-state index contributed by atoms with van der Waals surface area (Å²) in [5.74, 6) is 0.100.